The molecule has 1 atom stereocenters. The second-order valence-corrected chi connectivity index (χ2v) is 5.74. The highest BCUT2D eigenvalue weighted by Gasteiger charge is 2.22. The maximum absolute atomic E-state index is 12.4. The quantitative estimate of drug-likeness (QED) is 0.610. The average Bonchev–Trinajstić information content (AvgIpc) is 2.97. The Bertz CT molecular complexity index is 904. The third kappa shape index (κ3) is 3.17. The van der Waals surface area contributed by atoms with Crippen LogP contribution in [0.5, 0.6) is 0 Å². The number of nitrogens with one attached hydrogen (secondary N) is 2. The summed E-state index contributed by atoms with van der Waals surface area (Å²) in [5.41, 5.74) is 3.11. The van der Waals surface area contributed by atoms with E-state index in [1.165, 1.54) is 0 Å². The molecule has 0 aliphatic heterocycles. The summed E-state index contributed by atoms with van der Waals surface area (Å²) in [5, 5.41) is 13.1. The maximum atomic E-state index is 12.4. The zero-order chi connectivity index (χ0) is 17.1. The number of carboxylic acids is 1. The Kier molecular flexibility index (Phi) is 4.38. The van der Waals surface area contributed by atoms with Crippen LogP contribution in [-0.2, 0) is 11.2 Å². The molecule has 2 aromatic carbocycles. The van der Waals surface area contributed by atoms with E-state index >= 15 is 0 Å². The minimum Gasteiger partial charge on any atom is -0.480 e. The molecule has 0 spiro atoms. The Labute approximate surface area is 140 Å². The number of hydrogen-bond acceptors (Lipinski definition) is 2. The second kappa shape index (κ2) is 6.62. The number of carbonyl (C=O) groups excluding carboxylic acids is 1. The largest absolute Gasteiger partial charge is 0.480 e. The van der Waals surface area contributed by atoms with Gasteiger partial charge in [0.15, 0.2) is 0 Å². The van der Waals surface area contributed by atoms with Gasteiger partial charge in [-0.2, -0.15) is 0 Å². The summed E-state index contributed by atoms with van der Waals surface area (Å²) >= 11 is 0. The van der Waals surface area contributed by atoms with Crippen molar-refractivity contribution in [1.82, 2.24) is 10.3 Å². The van der Waals surface area contributed by atoms with E-state index in [2.05, 4.69) is 10.3 Å². The third-order valence-electron chi connectivity index (χ3n) is 4.09. The van der Waals surface area contributed by atoms with Crippen molar-refractivity contribution in [3.63, 3.8) is 0 Å². The van der Waals surface area contributed by atoms with Gasteiger partial charge in [-0.3, -0.25) is 4.79 Å². The highest BCUT2D eigenvalue weighted by molar-refractivity contribution is 6.36. The molecule has 0 saturated heterocycles. The molecule has 1 aromatic heterocycles. The number of aliphatic carboxylic acids is 1. The number of benzene rings is 2. The lowest BCUT2D eigenvalue weighted by Crippen LogP contribution is -2.43. The lowest BCUT2D eigenvalue weighted by molar-refractivity contribution is -0.139. The molecule has 0 bridgehead atoms. The van der Waals surface area contributed by atoms with Crippen LogP contribution in [0.1, 0.15) is 15.9 Å². The van der Waals surface area contributed by atoms with Crippen molar-refractivity contribution < 1.29 is 14.7 Å². The third-order valence-corrected chi connectivity index (χ3v) is 4.09. The molecular formula is C18H17BN2O3. The van der Waals surface area contributed by atoms with Gasteiger partial charge in [-0.15, -0.1) is 0 Å². The number of rotatable bonds is 5. The number of para-hydroxylation sites is 1. The van der Waals surface area contributed by atoms with Crippen LogP contribution in [0, 0.1) is 0 Å². The Morgan fingerprint density at radius 1 is 1.12 bits per heavy atom. The van der Waals surface area contributed by atoms with Crippen LogP contribution in [0.3, 0.4) is 0 Å². The summed E-state index contributed by atoms with van der Waals surface area (Å²) in [6.45, 7) is 0. The van der Waals surface area contributed by atoms with Crippen molar-refractivity contribution in [2.75, 3.05) is 0 Å². The lowest BCUT2D eigenvalue weighted by Gasteiger charge is -2.15. The Morgan fingerprint density at radius 3 is 2.58 bits per heavy atom. The van der Waals surface area contributed by atoms with Gasteiger partial charge < -0.3 is 15.4 Å². The van der Waals surface area contributed by atoms with Crippen molar-refractivity contribution in [2.24, 2.45) is 0 Å². The van der Waals surface area contributed by atoms with Gasteiger partial charge in [0.1, 0.15) is 13.9 Å². The highest BCUT2D eigenvalue weighted by atomic mass is 16.4. The molecule has 0 aliphatic carbocycles. The van der Waals surface area contributed by atoms with Crippen molar-refractivity contribution >= 4 is 36.1 Å². The molecular weight excluding hydrogens is 303 g/mol. The Balaban J connectivity index is 1.82. The number of aromatic amines is 1. The molecule has 0 unspecified atom stereocenters. The van der Waals surface area contributed by atoms with Crippen LogP contribution in [0.25, 0.3) is 10.9 Å². The fraction of sp³-hybridized carbons (Fsp3) is 0.111. The number of carboxylic acid groups (broad SMARTS) is 1. The van der Waals surface area contributed by atoms with Crippen LogP contribution < -0.4 is 10.8 Å². The summed E-state index contributed by atoms with van der Waals surface area (Å²) in [6.07, 6.45) is 2.01. The van der Waals surface area contributed by atoms with Crippen LogP contribution in [0.4, 0.5) is 0 Å². The summed E-state index contributed by atoms with van der Waals surface area (Å²) in [5.74, 6) is -1.43. The number of H-pyrrole nitrogens is 1. The summed E-state index contributed by atoms with van der Waals surface area (Å²) in [4.78, 5) is 27.1. The van der Waals surface area contributed by atoms with E-state index in [4.69, 9.17) is 0 Å². The summed E-state index contributed by atoms with van der Waals surface area (Å²) in [7, 11) is 1.82. The van der Waals surface area contributed by atoms with Crippen LogP contribution in [0.2, 0.25) is 0 Å². The van der Waals surface area contributed by atoms with Gasteiger partial charge in [0.2, 0.25) is 0 Å². The van der Waals surface area contributed by atoms with E-state index in [0.29, 0.717) is 5.56 Å². The van der Waals surface area contributed by atoms with Gasteiger partial charge in [-0.05, 0) is 11.6 Å². The van der Waals surface area contributed by atoms with Crippen LogP contribution >= 0.6 is 0 Å². The first-order chi connectivity index (χ1) is 11.6. The van der Waals surface area contributed by atoms with E-state index in [0.717, 1.165) is 21.9 Å². The number of hydrogen-bond donors (Lipinski definition) is 3. The number of aromatic nitrogens is 1. The molecule has 3 N–H and O–H groups in total. The topological polar surface area (TPSA) is 82.2 Å². The Hall–Kier alpha value is -3.02. The van der Waals surface area contributed by atoms with E-state index in [-0.39, 0.29) is 12.3 Å². The van der Waals surface area contributed by atoms with Crippen LogP contribution in [0.15, 0.2) is 54.7 Å². The van der Waals surface area contributed by atoms with Gasteiger partial charge in [0.05, 0.1) is 0 Å². The molecule has 0 aliphatic rings. The molecule has 1 amide bonds. The zero-order valence-corrected chi connectivity index (χ0v) is 13.2. The molecule has 5 nitrogen and oxygen atoms in total. The predicted octanol–water partition coefficient (Wildman–Crippen LogP) is 0.852. The van der Waals surface area contributed by atoms with Gasteiger partial charge in [-0.1, -0.05) is 47.9 Å². The van der Waals surface area contributed by atoms with Crippen molar-refractivity contribution in [3.8, 4) is 0 Å². The number of fused-ring (bicyclic) bond motifs is 1. The van der Waals surface area contributed by atoms with Crippen LogP contribution in [-0.4, -0.2) is 35.9 Å². The number of carbonyl (C=O) groups is 2. The molecule has 3 rings (SSSR count). The fourth-order valence-corrected chi connectivity index (χ4v) is 2.78. The molecule has 6 heteroatoms. The first-order valence-electron chi connectivity index (χ1n) is 7.70. The van der Waals surface area contributed by atoms with Gasteiger partial charge >= 0.3 is 5.97 Å². The van der Waals surface area contributed by atoms with Gasteiger partial charge in [0.25, 0.3) is 5.91 Å². The summed E-state index contributed by atoms with van der Waals surface area (Å²) < 4.78 is 0. The fourth-order valence-electron chi connectivity index (χ4n) is 2.78. The van der Waals surface area contributed by atoms with Gasteiger partial charge in [-0.25, -0.2) is 4.79 Å². The molecule has 0 fully saturated rings. The zero-order valence-electron chi connectivity index (χ0n) is 13.2. The first-order valence-corrected chi connectivity index (χ1v) is 7.70. The predicted molar refractivity (Wildman–Crippen MR) is 95.5 cm³/mol. The number of amides is 1. The van der Waals surface area contributed by atoms with Gasteiger partial charge in [0, 0.05) is 29.1 Å². The van der Waals surface area contributed by atoms with Crippen molar-refractivity contribution in [1.29, 1.82) is 0 Å². The van der Waals surface area contributed by atoms with E-state index in [1.807, 2.05) is 44.2 Å². The smallest absolute Gasteiger partial charge is 0.326 e. The maximum Gasteiger partial charge on any atom is 0.326 e. The molecule has 3 aromatic rings. The molecule has 120 valence electrons. The molecule has 24 heavy (non-hydrogen) atoms. The SMILES string of the molecule is Bc1ccccc1C(=O)N[C@@H](Cc1c[nH]c2ccccc12)C(=O)O. The molecule has 0 saturated carbocycles. The minimum absolute atomic E-state index is 0.219. The lowest BCUT2D eigenvalue weighted by atomic mass is 9.90. The van der Waals surface area contributed by atoms with E-state index in [1.54, 1.807) is 18.3 Å². The standard InChI is InChI=1S/C18H17BN2O3/c19-14-7-3-1-6-13(14)17(22)21-16(18(23)24)9-11-10-20-15-8-4-2-5-12(11)15/h1-8,10,16,20H,9,19H2,(H,21,22)(H,23,24)/t16-/m0/s1. The average molecular weight is 320 g/mol. The van der Waals surface area contributed by atoms with Crippen molar-refractivity contribution in [3.05, 3.63) is 65.9 Å². The molecule has 0 radical (unpaired) electrons. The summed E-state index contributed by atoms with van der Waals surface area (Å²) in [6, 6.07) is 13.8. The molecule has 1 heterocycles. The highest BCUT2D eigenvalue weighted by Crippen LogP contribution is 2.19. The monoisotopic (exact) mass is 320 g/mol. The normalized spacial score (nSPS) is 12.0. The Morgan fingerprint density at radius 2 is 1.83 bits per heavy atom. The van der Waals surface area contributed by atoms with Crippen molar-refractivity contribution in [2.45, 2.75) is 12.5 Å². The minimum atomic E-state index is -1.05. The second-order valence-electron chi connectivity index (χ2n) is 5.74. The van der Waals surface area contributed by atoms with E-state index < -0.39 is 12.0 Å². The van der Waals surface area contributed by atoms with E-state index in [9.17, 15) is 14.7 Å². The first kappa shape index (κ1) is 15.9.